The lowest BCUT2D eigenvalue weighted by atomic mass is 10.1. The molecule has 3 nitrogen and oxygen atoms in total. The lowest BCUT2D eigenvalue weighted by Crippen LogP contribution is -2.12. The Hall–Kier alpha value is -1.83. The van der Waals surface area contributed by atoms with Crippen molar-refractivity contribution in [1.82, 2.24) is 0 Å². The van der Waals surface area contributed by atoms with Crippen LogP contribution in [0, 0.1) is 11.3 Å². The molecule has 0 unspecified atom stereocenters. The topological polar surface area (TPSA) is 52.9 Å². The number of nitriles is 1. The van der Waals surface area contributed by atoms with Crippen molar-refractivity contribution in [2.45, 2.75) is 5.33 Å². The van der Waals surface area contributed by atoms with Gasteiger partial charge in [-0.3, -0.25) is 4.79 Å². The maximum atomic E-state index is 12.1. The molecule has 5 heteroatoms. The third-order valence-corrected chi connectivity index (χ3v) is 3.60. The van der Waals surface area contributed by atoms with E-state index in [2.05, 4.69) is 21.2 Å². The number of amides is 1. The van der Waals surface area contributed by atoms with Gasteiger partial charge in [0.05, 0.1) is 11.3 Å². The van der Waals surface area contributed by atoms with Crippen molar-refractivity contribution in [3.05, 3.63) is 64.2 Å². The molecule has 0 saturated heterocycles. The number of nitrogens with one attached hydrogen (secondary N) is 1. The molecule has 20 heavy (non-hydrogen) atoms. The van der Waals surface area contributed by atoms with E-state index in [0.717, 1.165) is 10.9 Å². The van der Waals surface area contributed by atoms with Gasteiger partial charge in [-0.25, -0.2) is 0 Å². The van der Waals surface area contributed by atoms with E-state index >= 15 is 0 Å². The molecule has 0 fully saturated rings. The molecule has 100 valence electrons. The summed E-state index contributed by atoms with van der Waals surface area (Å²) in [6.45, 7) is 0. The molecular formula is C15H10BrClN2O. The van der Waals surface area contributed by atoms with Crippen molar-refractivity contribution in [3.8, 4) is 6.07 Å². The molecule has 0 spiro atoms. The van der Waals surface area contributed by atoms with E-state index in [1.165, 1.54) is 0 Å². The second-order valence-corrected chi connectivity index (χ2v) is 5.08. The Labute approximate surface area is 130 Å². The van der Waals surface area contributed by atoms with E-state index in [1.807, 2.05) is 18.2 Å². The molecule has 2 aromatic carbocycles. The summed E-state index contributed by atoms with van der Waals surface area (Å²) in [5, 5.41) is 12.9. The van der Waals surface area contributed by atoms with Crippen molar-refractivity contribution in [2.24, 2.45) is 0 Å². The van der Waals surface area contributed by atoms with E-state index in [0.29, 0.717) is 21.8 Å². The van der Waals surface area contributed by atoms with Gasteiger partial charge in [0.25, 0.3) is 5.91 Å². The Morgan fingerprint density at radius 1 is 1.25 bits per heavy atom. The lowest BCUT2D eigenvalue weighted by Gasteiger charge is -2.08. The Morgan fingerprint density at radius 3 is 2.55 bits per heavy atom. The van der Waals surface area contributed by atoms with Crippen LogP contribution >= 0.6 is 27.5 Å². The van der Waals surface area contributed by atoms with Crippen molar-refractivity contribution >= 4 is 39.1 Å². The molecule has 0 radical (unpaired) electrons. The van der Waals surface area contributed by atoms with E-state index in [4.69, 9.17) is 16.9 Å². The molecule has 0 bridgehead atoms. The van der Waals surface area contributed by atoms with Crippen LogP contribution in [0.15, 0.2) is 42.5 Å². The number of hydrogen-bond donors (Lipinski definition) is 1. The molecular weight excluding hydrogens is 340 g/mol. The molecule has 0 atom stereocenters. The van der Waals surface area contributed by atoms with E-state index in [-0.39, 0.29) is 5.91 Å². The summed E-state index contributed by atoms with van der Waals surface area (Å²) in [6.07, 6.45) is 0. The highest BCUT2D eigenvalue weighted by Crippen LogP contribution is 2.21. The van der Waals surface area contributed by atoms with Gasteiger partial charge in [0.1, 0.15) is 6.07 Å². The smallest absolute Gasteiger partial charge is 0.255 e. The summed E-state index contributed by atoms with van der Waals surface area (Å²) in [5.74, 6) is -0.273. The Balaban J connectivity index is 2.23. The molecule has 2 aromatic rings. The number of halogens is 2. The van der Waals surface area contributed by atoms with Crippen LogP contribution in [0.5, 0.6) is 0 Å². The van der Waals surface area contributed by atoms with Crippen molar-refractivity contribution in [2.75, 3.05) is 5.32 Å². The SMILES string of the molecule is N#Cc1ccc(Cl)cc1NC(=O)c1ccc(CBr)cc1. The first-order chi connectivity index (χ1) is 9.63. The summed E-state index contributed by atoms with van der Waals surface area (Å²) >= 11 is 9.23. The maximum Gasteiger partial charge on any atom is 0.255 e. The number of benzene rings is 2. The Morgan fingerprint density at radius 2 is 1.95 bits per heavy atom. The highest BCUT2D eigenvalue weighted by atomic mass is 79.9. The van der Waals surface area contributed by atoms with Crippen molar-refractivity contribution < 1.29 is 4.79 Å². The van der Waals surface area contributed by atoms with Gasteiger partial charge in [0, 0.05) is 15.9 Å². The average molecular weight is 350 g/mol. The fraction of sp³-hybridized carbons (Fsp3) is 0.0667. The third-order valence-electron chi connectivity index (χ3n) is 2.72. The molecule has 0 heterocycles. The normalized spacial score (nSPS) is 9.85. The first-order valence-corrected chi connectivity index (χ1v) is 7.30. The highest BCUT2D eigenvalue weighted by Gasteiger charge is 2.09. The zero-order valence-corrected chi connectivity index (χ0v) is 12.7. The molecule has 1 N–H and O–H groups in total. The zero-order valence-electron chi connectivity index (χ0n) is 10.4. The predicted molar refractivity (Wildman–Crippen MR) is 83.2 cm³/mol. The van der Waals surface area contributed by atoms with Gasteiger partial charge in [0.2, 0.25) is 0 Å². The van der Waals surface area contributed by atoms with Crippen LogP contribution in [0.4, 0.5) is 5.69 Å². The number of rotatable bonds is 3. The minimum absolute atomic E-state index is 0.273. The van der Waals surface area contributed by atoms with Gasteiger partial charge in [0.15, 0.2) is 0 Å². The lowest BCUT2D eigenvalue weighted by molar-refractivity contribution is 0.102. The molecule has 0 aliphatic carbocycles. The maximum absolute atomic E-state index is 12.1. The molecule has 0 aliphatic rings. The molecule has 0 aliphatic heterocycles. The second kappa shape index (κ2) is 6.56. The predicted octanol–water partition coefficient (Wildman–Crippen LogP) is 4.36. The first-order valence-electron chi connectivity index (χ1n) is 5.80. The third kappa shape index (κ3) is 3.38. The summed E-state index contributed by atoms with van der Waals surface area (Å²) in [5.41, 5.74) is 2.40. The van der Waals surface area contributed by atoms with Crippen LogP contribution < -0.4 is 5.32 Å². The van der Waals surface area contributed by atoms with Gasteiger partial charge in [-0.1, -0.05) is 39.7 Å². The summed E-state index contributed by atoms with van der Waals surface area (Å²) in [7, 11) is 0. The molecule has 0 aromatic heterocycles. The molecule has 0 saturated carbocycles. The van der Waals surface area contributed by atoms with Crippen LogP contribution in [0.1, 0.15) is 21.5 Å². The van der Waals surface area contributed by atoms with Gasteiger partial charge >= 0.3 is 0 Å². The van der Waals surface area contributed by atoms with E-state index < -0.39 is 0 Å². The summed E-state index contributed by atoms with van der Waals surface area (Å²) in [6, 6.07) is 14.0. The van der Waals surface area contributed by atoms with E-state index in [1.54, 1.807) is 30.3 Å². The Bertz CT molecular complexity index is 677. The average Bonchev–Trinajstić information content (AvgIpc) is 2.47. The zero-order chi connectivity index (χ0) is 14.5. The standard InChI is InChI=1S/C15H10BrClN2O/c16-8-10-1-3-11(4-2-10)15(20)19-14-7-13(17)6-5-12(14)9-18/h1-7H,8H2,(H,19,20). The summed E-state index contributed by atoms with van der Waals surface area (Å²) in [4.78, 5) is 12.1. The van der Waals surface area contributed by atoms with Crippen LogP contribution in [-0.4, -0.2) is 5.91 Å². The quantitative estimate of drug-likeness (QED) is 0.837. The van der Waals surface area contributed by atoms with E-state index in [9.17, 15) is 4.79 Å². The number of alkyl halides is 1. The fourth-order valence-electron chi connectivity index (χ4n) is 1.66. The number of carbonyl (C=O) groups excluding carboxylic acids is 1. The van der Waals surface area contributed by atoms with Crippen molar-refractivity contribution in [3.63, 3.8) is 0 Å². The van der Waals surface area contributed by atoms with Crippen LogP contribution in [0.2, 0.25) is 5.02 Å². The van der Waals surface area contributed by atoms with Gasteiger partial charge < -0.3 is 5.32 Å². The number of hydrogen-bond acceptors (Lipinski definition) is 2. The minimum atomic E-state index is -0.273. The van der Waals surface area contributed by atoms with Gasteiger partial charge in [-0.15, -0.1) is 0 Å². The largest absolute Gasteiger partial charge is 0.321 e. The fourth-order valence-corrected chi connectivity index (χ4v) is 2.20. The van der Waals surface area contributed by atoms with Crippen LogP contribution in [0.3, 0.4) is 0 Å². The molecule has 2 rings (SSSR count). The van der Waals surface area contributed by atoms with Gasteiger partial charge in [-0.05, 0) is 35.9 Å². The number of anilines is 1. The first kappa shape index (κ1) is 14.6. The monoisotopic (exact) mass is 348 g/mol. The van der Waals surface area contributed by atoms with Gasteiger partial charge in [-0.2, -0.15) is 5.26 Å². The van der Waals surface area contributed by atoms with Crippen molar-refractivity contribution in [1.29, 1.82) is 5.26 Å². The number of nitrogens with zero attached hydrogens (tertiary/aromatic N) is 1. The Kier molecular flexibility index (Phi) is 4.78. The highest BCUT2D eigenvalue weighted by molar-refractivity contribution is 9.08. The second-order valence-electron chi connectivity index (χ2n) is 4.09. The minimum Gasteiger partial charge on any atom is -0.321 e. The van der Waals surface area contributed by atoms with Crippen LogP contribution in [0.25, 0.3) is 0 Å². The number of carbonyl (C=O) groups is 1. The van der Waals surface area contributed by atoms with Crippen LogP contribution in [-0.2, 0) is 5.33 Å². The molecule has 1 amide bonds. The summed E-state index contributed by atoms with van der Waals surface area (Å²) < 4.78 is 0.